The van der Waals surface area contributed by atoms with Crippen molar-refractivity contribution in [3.63, 3.8) is 0 Å². The molecule has 1 aliphatic heterocycles. The van der Waals surface area contributed by atoms with Crippen LogP contribution in [0.5, 0.6) is 0 Å². The maximum Gasteiger partial charge on any atom is 0.261 e. The van der Waals surface area contributed by atoms with Gasteiger partial charge in [0.1, 0.15) is 12.6 Å². The van der Waals surface area contributed by atoms with E-state index in [0.29, 0.717) is 34.6 Å². The minimum absolute atomic E-state index is 0.0682. The topological polar surface area (TPSA) is 103 Å². The zero-order valence-electron chi connectivity index (χ0n) is 20.3. The van der Waals surface area contributed by atoms with Crippen molar-refractivity contribution in [2.45, 2.75) is 26.4 Å². The molecule has 2 amide bonds. The van der Waals surface area contributed by atoms with E-state index in [-0.39, 0.29) is 30.5 Å². The van der Waals surface area contributed by atoms with Gasteiger partial charge in [-0.3, -0.25) is 19.0 Å². The van der Waals surface area contributed by atoms with Crippen LogP contribution in [0.1, 0.15) is 24.5 Å². The lowest BCUT2D eigenvalue weighted by Gasteiger charge is -2.23. The van der Waals surface area contributed by atoms with Crippen LogP contribution in [0.25, 0.3) is 10.9 Å². The predicted octanol–water partition coefficient (Wildman–Crippen LogP) is 2.64. The fourth-order valence-electron chi connectivity index (χ4n) is 4.33. The molecule has 186 valence electrons. The van der Waals surface area contributed by atoms with Crippen LogP contribution in [0, 0.1) is 11.3 Å². The number of halogens is 1. The SMILES string of the molecule is CC(=O)N1CCCN(c2ccc3ncn(CC(=O)N(C)Cc4ccc(Cl)c(C#N)c4)c(=O)c3c2)CC1. The van der Waals surface area contributed by atoms with Crippen LogP contribution in [-0.2, 0) is 22.7 Å². The number of benzene rings is 2. The van der Waals surface area contributed by atoms with Crippen molar-refractivity contribution in [1.82, 2.24) is 19.4 Å². The normalized spacial score (nSPS) is 13.8. The van der Waals surface area contributed by atoms with Crippen molar-refractivity contribution in [3.8, 4) is 6.07 Å². The summed E-state index contributed by atoms with van der Waals surface area (Å²) in [6.07, 6.45) is 2.24. The molecular weight excluding hydrogens is 480 g/mol. The predicted molar refractivity (Wildman–Crippen MR) is 138 cm³/mol. The number of nitrogens with zero attached hydrogens (tertiary/aromatic N) is 6. The first-order valence-electron chi connectivity index (χ1n) is 11.7. The molecule has 2 aromatic carbocycles. The zero-order chi connectivity index (χ0) is 25.8. The third kappa shape index (κ3) is 5.50. The van der Waals surface area contributed by atoms with E-state index in [9.17, 15) is 14.4 Å². The fraction of sp³-hybridized carbons (Fsp3) is 0.346. The van der Waals surface area contributed by atoms with E-state index in [4.69, 9.17) is 16.9 Å². The molecule has 0 atom stereocenters. The van der Waals surface area contributed by atoms with E-state index in [1.165, 1.54) is 15.8 Å². The molecule has 4 rings (SSSR count). The van der Waals surface area contributed by atoms with Gasteiger partial charge in [0.25, 0.3) is 5.56 Å². The van der Waals surface area contributed by atoms with Gasteiger partial charge in [0.15, 0.2) is 0 Å². The van der Waals surface area contributed by atoms with Gasteiger partial charge < -0.3 is 14.7 Å². The van der Waals surface area contributed by atoms with Crippen molar-refractivity contribution >= 4 is 40.0 Å². The Morgan fingerprint density at radius 1 is 1.14 bits per heavy atom. The Morgan fingerprint density at radius 3 is 2.69 bits per heavy atom. The van der Waals surface area contributed by atoms with Gasteiger partial charge in [0.2, 0.25) is 11.8 Å². The average Bonchev–Trinajstić information content (AvgIpc) is 3.13. The summed E-state index contributed by atoms with van der Waals surface area (Å²) in [7, 11) is 1.64. The van der Waals surface area contributed by atoms with Gasteiger partial charge in [-0.1, -0.05) is 17.7 Å². The van der Waals surface area contributed by atoms with Gasteiger partial charge >= 0.3 is 0 Å². The van der Waals surface area contributed by atoms with Crippen LogP contribution in [0.15, 0.2) is 47.5 Å². The molecule has 1 saturated heterocycles. The van der Waals surface area contributed by atoms with Gasteiger partial charge in [-0.2, -0.15) is 5.26 Å². The highest BCUT2D eigenvalue weighted by Crippen LogP contribution is 2.21. The summed E-state index contributed by atoms with van der Waals surface area (Å²) < 4.78 is 1.31. The minimum Gasteiger partial charge on any atom is -0.370 e. The van der Waals surface area contributed by atoms with Crippen molar-refractivity contribution in [1.29, 1.82) is 5.26 Å². The number of aromatic nitrogens is 2. The molecule has 36 heavy (non-hydrogen) atoms. The molecule has 10 heteroatoms. The number of anilines is 1. The number of likely N-dealkylation sites (N-methyl/N-ethyl adjacent to an activating group) is 1. The number of hydrogen-bond donors (Lipinski definition) is 0. The Labute approximate surface area is 214 Å². The number of carbonyl (C=O) groups excluding carboxylic acids is 2. The Balaban J connectivity index is 1.51. The van der Waals surface area contributed by atoms with Crippen LogP contribution >= 0.6 is 11.6 Å². The molecule has 2 heterocycles. The Hall–Kier alpha value is -3.90. The first-order chi connectivity index (χ1) is 17.3. The van der Waals surface area contributed by atoms with Gasteiger partial charge in [0.05, 0.1) is 27.8 Å². The quantitative estimate of drug-likeness (QED) is 0.527. The van der Waals surface area contributed by atoms with Crippen molar-refractivity contribution in [3.05, 3.63) is 69.2 Å². The monoisotopic (exact) mass is 506 g/mol. The molecule has 0 saturated carbocycles. The Morgan fingerprint density at radius 2 is 1.94 bits per heavy atom. The third-order valence-corrected chi connectivity index (χ3v) is 6.75. The van der Waals surface area contributed by atoms with Crippen LogP contribution < -0.4 is 10.5 Å². The summed E-state index contributed by atoms with van der Waals surface area (Å²) in [6, 6.07) is 12.6. The summed E-state index contributed by atoms with van der Waals surface area (Å²) in [6.45, 7) is 4.52. The van der Waals surface area contributed by atoms with Crippen LogP contribution in [0.4, 0.5) is 5.69 Å². The molecule has 1 aromatic heterocycles. The molecule has 0 unspecified atom stereocenters. The summed E-state index contributed by atoms with van der Waals surface area (Å²) >= 11 is 5.99. The van der Waals surface area contributed by atoms with E-state index >= 15 is 0 Å². The maximum atomic E-state index is 13.2. The van der Waals surface area contributed by atoms with E-state index in [1.807, 2.05) is 29.2 Å². The molecule has 0 N–H and O–H groups in total. The van der Waals surface area contributed by atoms with Gasteiger partial charge in [-0.15, -0.1) is 0 Å². The van der Waals surface area contributed by atoms with Crippen molar-refractivity contribution in [2.24, 2.45) is 0 Å². The summed E-state index contributed by atoms with van der Waals surface area (Å²) in [5, 5.41) is 9.97. The molecule has 0 aliphatic carbocycles. The highest BCUT2D eigenvalue weighted by Gasteiger charge is 2.18. The van der Waals surface area contributed by atoms with Crippen LogP contribution in [0.2, 0.25) is 5.02 Å². The van der Waals surface area contributed by atoms with Gasteiger partial charge in [-0.05, 0) is 42.3 Å². The summed E-state index contributed by atoms with van der Waals surface area (Å²) in [5.74, 6) is -0.196. The molecule has 1 fully saturated rings. The van der Waals surface area contributed by atoms with E-state index in [1.54, 1.807) is 32.2 Å². The Bertz CT molecular complexity index is 1410. The first-order valence-corrected chi connectivity index (χ1v) is 12.1. The lowest BCUT2D eigenvalue weighted by Crippen LogP contribution is -2.34. The summed E-state index contributed by atoms with van der Waals surface area (Å²) in [5.41, 5.74) is 2.28. The lowest BCUT2D eigenvalue weighted by molar-refractivity contribution is -0.131. The second-order valence-electron chi connectivity index (χ2n) is 8.90. The second kappa shape index (κ2) is 10.8. The number of nitriles is 1. The first kappa shape index (κ1) is 25.2. The van der Waals surface area contributed by atoms with Crippen molar-refractivity contribution in [2.75, 3.05) is 38.1 Å². The standard InChI is InChI=1S/C26H27ClN6O3/c1-18(34)31-8-3-9-32(11-10-31)21-5-7-24-22(13-21)26(36)33(17-29-24)16-25(35)30(2)15-19-4-6-23(27)20(12-19)14-28/h4-7,12-13,17H,3,8-11,15-16H2,1-2H3. The van der Waals surface area contributed by atoms with Crippen LogP contribution in [-0.4, -0.2) is 64.4 Å². The Kier molecular flexibility index (Phi) is 7.55. The molecule has 0 radical (unpaired) electrons. The number of hydrogen-bond acceptors (Lipinski definition) is 6. The van der Waals surface area contributed by atoms with Gasteiger partial charge in [0, 0.05) is 52.4 Å². The molecule has 0 spiro atoms. The van der Waals surface area contributed by atoms with E-state index in [2.05, 4.69) is 9.88 Å². The van der Waals surface area contributed by atoms with Crippen molar-refractivity contribution < 1.29 is 9.59 Å². The molecular formula is C26H27ClN6O3. The average molecular weight is 507 g/mol. The smallest absolute Gasteiger partial charge is 0.261 e. The number of fused-ring (bicyclic) bond motifs is 1. The van der Waals surface area contributed by atoms with E-state index in [0.717, 1.165) is 30.8 Å². The zero-order valence-corrected chi connectivity index (χ0v) is 21.0. The minimum atomic E-state index is -0.290. The molecule has 9 nitrogen and oxygen atoms in total. The van der Waals surface area contributed by atoms with E-state index < -0.39 is 0 Å². The number of carbonyl (C=O) groups is 2. The highest BCUT2D eigenvalue weighted by molar-refractivity contribution is 6.31. The summed E-state index contributed by atoms with van der Waals surface area (Å²) in [4.78, 5) is 47.7. The highest BCUT2D eigenvalue weighted by atomic mass is 35.5. The molecule has 0 bridgehead atoms. The number of rotatable bonds is 5. The molecule has 3 aromatic rings. The second-order valence-corrected chi connectivity index (χ2v) is 9.31. The lowest BCUT2D eigenvalue weighted by atomic mass is 10.1. The molecule has 1 aliphatic rings. The number of amides is 2. The largest absolute Gasteiger partial charge is 0.370 e. The third-order valence-electron chi connectivity index (χ3n) is 6.42. The van der Waals surface area contributed by atoms with Gasteiger partial charge in [-0.25, -0.2) is 4.98 Å². The van der Waals surface area contributed by atoms with Crippen LogP contribution in [0.3, 0.4) is 0 Å². The fourth-order valence-corrected chi connectivity index (χ4v) is 4.49. The maximum absolute atomic E-state index is 13.2.